The van der Waals surface area contributed by atoms with Crippen molar-refractivity contribution in [3.05, 3.63) is 58.7 Å². The first-order chi connectivity index (χ1) is 17.7. The number of aryl methyl sites for hydroxylation is 1. The zero-order valence-corrected chi connectivity index (χ0v) is 22.7. The van der Waals surface area contributed by atoms with Gasteiger partial charge in [-0.05, 0) is 61.2 Å². The molecule has 0 aliphatic carbocycles. The number of hydrogen-bond acceptors (Lipinski definition) is 6. The third-order valence-electron chi connectivity index (χ3n) is 6.38. The van der Waals surface area contributed by atoms with Crippen molar-refractivity contribution in [2.45, 2.75) is 39.7 Å². The van der Waals surface area contributed by atoms with Crippen LogP contribution in [-0.4, -0.2) is 64.1 Å². The van der Waals surface area contributed by atoms with Gasteiger partial charge < -0.3 is 29.1 Å². The maximum Gasteiger partial charge on any atom is 0.295 e. The van der Waals surface area contributed by atoms with Crippen molar-refractivity contribution in [1.82, 2.24) is 4.90 Å². The van der Waals surface area contributed by atoms with Crippen molar-refractivity contribution in [2.24, 2.45) is 0 Å². The summed E-state index contributed by atoms with van der Waals surface area (Å²) in [5.41, 5.74) is 1.71. The second kappa shape index (κ2) is 12.6. The summed E-state index contributed by atoms with van der Waals surface area (Å²) >= 11 is 0. The minimum absolute atomic E-state index is 0.0518. The number of Topliss-reactive ketones (excluding diaryl/α,β-unsaturated/α-hetero) is 1. The molecule has 1 unspecified atom stereocenters. The fourth-order valence-electron chi connectivity index (χ4n) is 4.36. The van der Waals surface area contributed by atoms with Crippen molar-refractivity contribution in [1.29, 1.82) is 0 Å². The molecule has 200 valence electrons. The Balaban J connectivity index is 2.10. The lowest BCUT2D eigenvalue weighted by Gasteiger charge is -2.28. The van der Waals surface area contributed by atoms with Crippen LogP contribution in [0.25, 0.3) is 5.76 Å². The van der Waals surface area contributed by atoms with Gasteiger partial charge in [-0.25, -0.2) is 0 Å². The second-order valence-electron chi connectivity index (χ2n) is 9.46. The molecule has 1 heterocycles. The van der Waals surface area contributed by atoms with Crippen LogP contribution in [0.2, 0.25) is 0 Å². The van der Waals surface area contributed by atoms with Crippen LogP contribution in [0.5, 0.6) is 17.2 Å². The Kier molecular flexibility index (Phi) is 9.58. The number of carbonyl (C=O) groups is 2. The Morgan fingerprint density at radius 1 is 1.03 bits per heavy atom. The molecule has 8 heteroatoms. The standard InChI is InChI=1S/C29H38N2O6/c1-7-9-16-37-22-12-11-21(17-19(22)3)27(32)25-26(31(15-14-30(4)5)29(34)28(25)33)20-10-13-23(36-8-2)24(18-20)35-6/h10-13,17-18,26,32H,7-9,14-16H2,1-6H3/b27-25+. The molecule has 1 aliphatic heterocycles. The predicted octanol–water partition coefficient (Wildman–Crippen LogP) is 1.95. The van der Waals surface area contributed by atoms with Gasteiger partial charge in [-0.15, -0.1) is 0 Å². The van der Waals surface area contributed by atoms with Crippen LogP contribution in [-0.2, 0) is 9.59 Å². The zero-order chi connectivity index (χ0) is 27.1. The van der Waals surface area contributed by atoms with E-state index in [1.165, 1.54) is 12.0 Å². The number of ether oxygens (including phenoxy) is 3. The quantitative estimate of drug-likeness (QED) is 0.203. The number of unbranched alkanes of at least 4 members (excludes halogenated alkanes) is 1. The molecular formula is C29H38N2O6. The maximum atomic E-state index is 13.8. The van der Waals surface area contributed by atoms with E-state index in [2.05, 4.69) is 6.92 Å². The van der Waals surface area contributed by atoms with Crippen LogP contribution in [0.15, 0.2) is 42.0 Å². The second-order valence-corrected chi connectivity index (χ2v) is 9.46. The molecule has 0 spiro atoms. The Bertz CT molecular complexity index is 1160. The molecule has 2 aromatic rings. The Morgan fingerprint density at radius 3 is 2.38 bits per heavy atom. The number of amides is 1. The first-order valence-corrected chi connectivity index (χ1v) is 12.8. The van der Waals surface area contributed by atoms with Crippen molar-refractivity contribution < 1.29 is 33.8 Å². The van der Waals surface area contributed by atoms with Gasteiger partial charge in [0.1, 0.15) is 5.75 Å². The lowest BCUT2D eigenvalue weighted by atomic mass is 9.94. The number of ketones is 1. The Hall–Kier alpha value is -3.52. The van der Waals surface area contributed by atoms with Gasteiger partial charge in [0.15, 0.2) is 11.5 Å². The van der Waals surface area contributed by atoms with Gasteiger partial charge in [0.25, 0.3) is 5.91 Å². The summed E-state index contributed by atoms with van der Waals surface area (Å²) in [6.07, 6.45) is 1.96. The van der Waals surface area contributed by atoms with E-state index in [1.54, 1.807) is 36.4 Å². The monoisotopic (exact) mass is 510 g/mol. The molecule has 2 aromatic carbocycles. The van der Waals surface area contributed by atoms with Crippen molar-refractivity contribution >= 4 is 17.4 Å². The molecule has 37 heavy (non-hydrogen) atoms. The first kappa shape index (κ1) is 28.1. The molecule has 1 fully saturated rings. The minimum Gasteiger partial charge on any atom is -0.872 e. The lowest BCUT2D eigenvalue weighted by molar-refractivity contribution is -0.857. The van der Waals surface area contributed by atoms with E-state index in [0.29, 0.717) is 54.7 Å². The number of nitrogens with zero attached hydrogens (tertiary/aromatic N) is 1. The van der Waals surface area contributed by atoms with Gasteiger partial charge in [0.05, 0.1) is 53.6 Å². The number of rotatable bonds is 12. The van der Waals surface area contributed by atoms with Gasteiger partial charge in [-0.2, -0.15) is 0 Å². The normalized spacial score (nSPS) is 16.9. The Labute approximate surface area is 219 Å². The molecule has 1 saturated heterocycles. The topological polar surface area (TPSA) is 92.6 Å². The van der Waals surface area contributed by atoms with Crippen LogP contribution in [0, 0.1) is 6.92 Å². The number of methoxy groups -OCH3 is 1. The number of carbonyl (C=O) groups excluding carboxylic acids is 2. The van der Waals surface area contributed by atoms with Crippen LogP contribution >= 0.6 is 0 Å². The van der Waals surface area contributed by atoms with E-state index in [1.807, 2.05) is 27.9 Å². The van der Waals surface area contributed by atoms with Crippen molar-refractivity contribution in [2.75, 3.05) is 47.5 Å². The molecule has 1 N–H and O–H groups in total. The average Bonchev–Trinajstić information content (AvgIpc) is 3.13. The van der Waals surface area contributed by atoms with Crippen LogP contribution in [0.1, 0.15) is 49.4 Å². The van der Waals surface area contributed by atoms with Crippen LogP contribution < -0.4 is 24.2 Å². The molecule has 1 amide bonds. The summed E-state index contributed by atoms with van der Waals surface area (Å²) < 4.78 is 17.0. The zero-order valence-electron chi connectivity index (χ0n) is 22.7. The lowest BCUT2D eigenvalue weighted by Crippen LogP contribution is -3.06. The predicted molar refractivity (Wildman–Crippen MR) is 140 cm³/mol. The Morgan fingerprint density at radius 2 is 1.76 bits per heavy atom. The smallest absolute Gasteiger partial charge is 0.295 e. The largest absolute Gasteiger partial charge is 0.872 e. The average molecular weight is 511 g/mol. The summed E-state index contributed by atoms with van der Waals surface area (Å²) in [6.45, 7) is 7.83. The van der Waals surface area contributed by atoms with Gasteiger partial charge in [-0.3, -0.25) is 9.59 Å². The van der Waals surface area contributed by atoms with Crippen LogP contribution in [0.4, 0.5) is 0 Å². The SMILES string of the molecule is CCCCOc1ccc(/C([O-])=C2\C(=O)C(=O)N(CC[NH+](C)C)C2c2ccc(OCC)c(OC)c2)cc1C. The highest BCUT2D eigenvalue weighted by Crippen LogP contribution is 2.41. The van der Waals surface area contributed by atoms with Crippen molar-refractivity contribution in [3.63, 3.8) is 0 Å². The molecule has 3 rings (SSSR count). The number of likely N-dealkylation sites (N-methyl/N-ethyl adjacent to an activating group) is 1. The van der Waals surface area contributed by atoms with E-state index in [0.717, 1.165) is 23.3 Å². The van der Waals surface area contributed by atoms with E-state index in [-0.39, 0.29) is 5.57 Å². The third kappa shape index (κ3) is 6.25. The number of hydrogen-bond donors (Lipinski definition) is 1. The molecular weight excluding hydrogens is 472 g/mol. The molecule has 0 radical (unpaired) electrons. The first-order valence-electron chi connectivity index (χ1n) is 12.8. The van der Waals surface area contributed by atoms with Gasteiger partial charge in [-0.1, -0.05) is 31.2 Å². The summed E-state index contributed by atoms with van der Waals surface area (Å²) in [7, 11) is 5.47. The van der Waals surface area contributed by atoms with E-state index in [4.69, 9.17) is 14.2 Å². The highest BCUT2D eigenvalue weighted by molar-refractivity contribution is 6.46. The fraction of sp³-hybridized carbons (Fsp3) is 0.448. The fourth-order valence-corrected chi connectivity index (χ4v) is 4.36. The summed E-state index contributed by atoms with van der Waals surface area (Å²) in [5, 5.41) is 13.8. The molecule has 1 aliphatic rings. The van der Waals surface area contributed by atoms with Gasteiger partial charge in [0, 0.05) is 5.57 Å². The summed E-state index contributed by atoms with van der Waals surface area (Å²) in [6, 6.07) is 9.57. The molecule has 0 saturated carbocycles. The summed E-state index contributed by atoms with van der Waals surface area (Å²) in [4.78, 5) is 29.0. The number of benzene rings is 2. The van der Waals surface area contributed by atoms with Gasteiger partial charge in [0.2, 0.25) is 5.78 Å². The molecule has 8 nitrogen and oxygen atoms in total. The maximum absolute atomic E-state index is 13.8. The number of likely N-dealkylation sites (tertiary alicyclic amines) is 1. The summed E-state index contributed by atoms with van der Waals surface area (Å²) in [5.74, 6) is -0.168. The minimum atomic E-state index is -0.822. The third-order valence-corrected chi connectivity index (χ3v) is 6.38. The van der Waals surface area contributed by atoms with E-state index in [9.17, 15) is 14.7 Å². The van der Waals surface area contributed by atoms with Crippen LogP contribution in [0.3, 0.4) is 0 Å². The molecule has 1 atom stereocenters. The number of quaternary nitrogens is 1. The van der Waals surface area contributed by atoms with Gasteiger partial charge >= 0.3 is 0 Å². The molecule has 0 bridgehead atoms. The highest BCUT2D eigenvalue weighted by atomic mass is 16.5. The number of nitrogens with one attached hydrogen (secondary N) is 1. The van der Waals surface area contributed by atoms with Crippen molar-refractivity contribution in [3.8, 4) is 17.2 Å². The molecule has 0 aromatic heterocycles. The van der Waals surface area contributed by atoms with E-state index >= 15 is 0 Å². The van der Waals surface area contributed by atoms with E-state index < -0.39 is 23.5 Å². The highest BCUT2D eigenvalue weighted by Gasteiger charge is 2.44.